The van der Waals surface area contributed by atoms with Crippen molar-refractivity contribution in [1.82, 2.24) is 14.9 Å². The molecule has 0 saturated carbocycles. The first-order chi connectivity index (χ1) is 7.01. The number of hydrogen-bond donors (Lipinski definition) is 3. The number of rotatable bonds is 5. The number of hydrogen-bond acceptors (Lipinski definition) is 4. The number of aromatic nitrogens is 2. The van der Waals surface area contributed by atoms with Gasteiger partial charge in [-0.25, -0.2) is 13.1 Å². The minimum absolute atomic E-state index is 0.120. The molecule has 0 aliphatic heterocycles. The van der Waals surface area contributed by atoms with Crippen molar-refractivity contribution in [3.05, 3.63) is 11.9 Å². The lowest BCUT2D eigenvalue weighted by Gasteiger charge is -2.13. The zero-order chi connectivity index (χ0) is 11.5. The molecule has 1 aromatic rings. The highest BCUT2D eigenvalue weighted by Gasteiger charge is 2.21. The topological polar surface area (TPSA) is 95.1 Å². The van der Waals surface area contributed by atoms with Gasteiger partial charge in [-0.3, -0.25) is 5.10 Å². The second-order valence-electron chi connectivity index (χ2n) is 3.27. The Labute approximate surface area is 88.8 Å². The van der Waals surface area contributed by atoms with Gasteiger partial charge < -0.3 is 5.11 Å². The SMILES string of the molecule is CCC(CO)NS(=O)(=O)c1cn[nH]c1C. The highest BCUT2D eigenvalue weighted by molar-refractivity contribution is 7.89. The van der Waals surface area contributed by atoms with Gasteiger partial charge in [-0.1, -0.05) is 6.92 Å². The third kappa shape index (κ3) is 2.77. The van der Waals surface area contributed by atoms with Crippen molar-refractivity contribution in [3.63, 3.8) is 0 Å². The molecule has 3 N–H and O–H groups in total. The summed E-state index contributed by atoms with van der Waals surface area (Å²) >= 11 is 0. The maximum Gasteiger partial charge on any atom is 0.244 e. The van der Waals surface area contributed by atoms with E-state index in [9.17, 15) is 8.42 Å². The van der Waals surface area contributed by atoms with Gasteiger partial charge in [-0.15, -0.1) is 0 Å². The van der Waals surface area contributed by atoms with Crippen molar-refractivity contribution in [3.8, 4) is 0 Å². The smallest absolute Gasteiger partial charge is 0.244 e. The van der Waals surface area contributed by atoms with Gasteiger partial charge in [0.1, 0.15) is 4.90 Å². The number of aryl methyl sites for hydroxylation is 1. The van der Waals surface area contributed by atoms with Gasteiger partial charge in [-0.05, 0) is 13.3 Å². The number of nitrogens with zero attached hydrogens (tertiary/aromatic N) is 1. The molecule has 0 aliphatic rings. The van der Waals surface area contributed by atoms with E-state index in [0.29, 0.717) is 12.1 Å². The minimum Gasteiger partial charge on any atom is -0.395 e. The van der Waals surface area contributed by atoms with Crippen LogP contribution in [0, 0.1) is 6.92 Å². The number of H-pyrrole nitrogens is 1. The number of aliphatic hydroxyl groups is 1. The summed E-state index contributed by atoms with van der Waals surface area (Å²) in [6, 6.07) is -0.454. The van der Waals surface area contributed by atoms with E-state index < -0.39 is 16.1 Å². The predicted molar refractivity (Wildman–Crippen MR) is 54.8 cm³/mol. The minimum atomic E-state index is -3.57. The van der Waals surface area contributed by atoms with E-state index in [1.54, 1.807) is 13.8 Å². The van der Waals surface area contributed by atoms with Crippen LogP contribution in [-0.4, -0.2) is 36.4 Å². The Morgan fingerprint density at radius 3 is 2.73 bits per heavy atom. The molecule has 1 rings (SSSR count). The average molecular weight is 233 g/mol. The molecule has 1 atom stereocenters. The largest absolute Gasteiger partial charge is 0.395 e. The van der Waals surface area contributed by atoms with E-state index in [1.165, 1.54) is 6.20 Å². The van der Waals surface area contributed by atoms with Gasteiger partial charge in [0, 0.05) is 6.04 Å². The molecule has 6 nitrogen and oxygen atoms in total. The maximum atomic E-state index is 11.8. The lowest BCUT2D eigenvalue weighted by Crippen LogP contribution is -2.37. The molecule has 0 radical (unpaired) electrons. The second kappa shape index (κ2) is 4.73. The molecule has 1 heterocycles. The fourth-order valence-corrected chi connectivity index (χ4v) is 2.59. The fourth-order valence-electron chi connectivity index (χ4n) is 1.14. The van der Waals surface area contributed by atoms with E-state index in [-0.39, 0.29) is 11.5 Å². The highest BCUT2D eigenvalue weighted by Crippen LogP contribution is 2.11. The zero-order valence-electron chi connectivity index (χ0n) is 8.69. The van der Waals surface area contributed by atoms with Gasteiger partial charge in [-0.2, -0.15) is 5.10 Å². The van der Waals surface area contributed by atoms with Crippen LogP contribution in [0.15, 0.2) is 11.1 Å². The molecule has 0 amide bonds. The molecule has 0 aromatic carbocycles. The number of aliphatic hydroxyl groups excluding tert-OH is 1. The molecule has 0 aliphatic carbocycles. The van der Waals surface area contributed by atoms with Gasteiger partial charge >= 0.3 is 0 Å². The van der Waals surface area contributed by atoms with E-state index in [0.717, 1.165) is 0 Å². The van der Waals surface area contributed by atoms with Crippen LogP contribution in [0.5, 0.6) is 0 Å². The van der Waals surface area contributed by atoms with Gasteiger partial charge in [0.05, 0.1) is 18.5 Å². The van der Waals surface area contributed by atoms with E-state index in [4.69, 9.17) is 5.11 Å². The fraction of sp³-hybridized carbons (Fsp3) is 0.625. The summed E-state index contributed by atoms with van der Waals surface area (Å²) in [5, 5.41) is 15.1. The predicted octanol–water partition coefficient (Wildman–Crippen LogP) is -0.233. The van der Waals surface area contributed by atoms with E-state index >= 15 is 0 Å². The van der Waals surface area contributed by atoms with Crippen LogP contribution >= 0.6 is 0 Å². The quantitative estimate of drug-likeness (QED) is 0.654. The number of nitrogens with one attached hydrogen (secondary N) is 2. The first kappa shape index (κ1) is 12.2. The van der Waals surface area contributed by atoms with Crippen molar-refractivity contribution in [2.75, 3.05) is 6.61 Å². The summed E-state index contributed by atoms with van der Waals surface area (Å²) in [5.74, 6) is 0. The Bertz CT molecular complexity index is 409. The molecule has 7 heteroatoms. The number of aromatic amines is 1. The van der Waals surface area contributed by atoms with Crippen molar-refractivity contribution >= 4 is 10.0 Å². The van der Waals surface area contributed by atoms with Crippen LogP contribution in [-0.2, 0) is 10.0 Å². The second-order valence-corrected chi connectivity index (χ2v) is 4.95. The van der Waals surface area contributed by atoms with Crippen LogP contribution in [0.2, 0.25) is 0 Å². The van der Waals surface area contributed by atoms with Crippen LogP contribution in [0.3, 0.4) is 0 Å². The molecule has 0 spiro atoms. The van der Waals surface area contributed by atoms with Crippen molar-refractivity contribution in [1.29, 1.82) is 0 Å². The zero-order valence-corrected chi connectivity index (χ0v) is 9.50. The maximum absolute atomic E-state index is 11.8. The summed E-state index contributed by atoms with van der Waals surface area (Å²) in [4.78, 5) is 0.120. The van der Waals surface area contributed by atoms with Crippen molar-refractivity contribution in [2.24, 2.45) is 0 Å². The molecule has 15 heavy (non-hydrogen) atoms. The van der Waals surface area contributed by atoms with Crippen LogP contribution in [0.1, 0.15) is 19.0 Å². The monoisotopic (exact) mass is 233 g/mol. The summed E-state index contributed by atoms with van der Waals surface area (Å²) < 4.78 is 25.9. The summed E-state index contributed by atoms with van der Waals surface area (Å²) in [5.41, 5.74) is 0.482. The average Bonchev–Trinajstić information content (AvgIpc) is 2.61. The first-order valence-corrected chi connectivity index (χ1v) is 6.12. The van der Waals surface area contributed by atoms with Crippen LogP contribution in [0.4, 0.5) is 0 Å². The van der Waals surface area contributed by atoms with Crippen LogP contribution < -0.4 is 4.72 Å². The van der Waals surface area contributed by atoms with Gasteiger partial charge in [0.15, 0.2) is 0 Å². The Morgan fingerprint density at radius 2 is 2.33 bits per heavy atom. The Hall–Kier alpha value is -0.920. The molecule has 1 unspecified atom stereocenters. The Balaban J connectivity index is 2.90. The third-order valence-electron chi connectivity index (χ3n) is 2.11. The Kier molecular flexibility index (Phi) is 3.83. The van der Waals surface area contributed by atoms with Crippen molar-refractivity contribution in [2.45, 2.75) is 31.2 Å². The lowest BCUT2D eigenvalue weighted by atomic mass is 10.3. The molecular formula is C8H15N3O3S. The summed E-state index contributed by atoms with van der Waals surface area (Å²) in [6.07, 6.45) is 1.79. The molecule has 0 bridgehead atoms. The molecule has 0 saturated heterocycles. The highest BCUT2D eigenvalue weighted by atomic mass is 32.2. The molecule has 1 aromatic heterocycles. The lowest BCUT2D eigenvalue weighted by molar-refractivity contribution is 0.254. The third-order valence-corrected chi connectivity index (χ3v) is 3.74. The van der Waals surface area contributed by atoms with Crippen molar-refractivity contribution < 1.29 is 13.5 Å². The van der Waals surface area contributed by atoms with Gasteiger partial charge in [0.25, 0.3) is 0 Å². The standard InChI is InChI=1S/C8H15N3O3S/c1-3-7(5-12)11-15(13,14)8-4-9-10-6(8)2/h4,7,11-12H,3,5H2,1-2H3,(H,9,10). The first-order valence-electron chi connectivity index (χ1n) is 4.64. The van der Waals surface area contributed by atoms with E-state index in [1.807, 2.05) is 0 Å². The molecule has 86 valence electrons. The normalized spacial score (nSPS) is 14.1. The molecule has 0 fully saturated rings. The summed E-state index contributed by atoms with van der Waals surface area (Å²) in [7, 11) is -3.57. The van der Waals surface area contributed by atoms with Crippen LogP contribution in [0.25, 0.3) is 0 Å². The van der Waals surface area contributed by atoms with E-state index in [2.05, 4.69) is 14.9 Å². The molecular weight excluding hydrogens is 218 g/mol. The Morgan fingerprint density at radius 1 is 1.67 bits per heavy atom. The number of sulfonamides is 1. The van der Waals surface area contributed by atoms with Gasteiger partial charge in [0.2, 0.25) is 10.0 Å². The summed E-state index contributed by atoms with van der Waals surface area (Å²) in [6.45, 7) is 3.21.